The van der Waals surface area contributed by atoms with Crippen molar-refractivity contribution in [2.45, 2.75) is 23.2 Å². The second-order valence-electron chi connectivity index (χ2n) is 6.04. The van der Waals surface area contributed by atoms with E-state index in [0.29, 0.717) is 5.03 Å². The summed E-state index contributed by atoms with van der Waals surface area (Å²) in [6, 6.07) is 1.98. The third kappa shape index (κ3) is 5.24. The highest BCUT2D eigenvalue weighted by Crippen LogP contribution is 2.41. The molecule has 154 valence electrons. The van der Waals surface area contributed by atoms with Gasteiger partial charge < -0.3 is 16.8 Å². The highest BCUT2D eigenvalue weighted by atomic mass is 32.2. The summed E-state index contributed by atoms with van der Waals surface area (Å²) in [4.78, 5) is 20.2. The molecule has 1 aliphatic rings. The van der Waals surface area contributed by atoms with Crippen molar-refractivity contribution in [2.75, 3.05) is 17.7 Å². The van der Waals surface area contributed by atoms with Crippen LogP contribution in [-0.4, -0.2) is 34.1 Å². The van der Waals surface area contributed by atoms with E-state index in [9.17, 15) is 23.2 Å². The number of nitrogens with zero attached hydrogens (tertiary/aromatic N) is 3. The molecule has 0 aliphatic heterocycles. The quantitative estimate of drug-likeness (QED) is 0.469. The number of nitriles is 1. The first-order chi connectivity index (χ1) is 13.5. The van der Waals surface area contributed by atoms with Crippen LogP contribution in [0.15, 0.2) is 45.8 Å². The average Bonchev–Trinajstić information content (AvgIpc) is 2.79. The average molecular weight is 442 g/mol. The van der Waals surface area contributed by atoms with Crippen LogP contribution in [0.25, 0.3) is 0 Å². The number of carbonyl (C=O) groups excluding carboxylic acids is 1. The Kier molecular flexibility index (Phi) is 6.86. The summed E-state index contributed by atoms with van der Waals surface area (Å²) in [5, 5.41) is 12.4. The number of aromatic nitrogens is 2. The fraction of sp³-hybridized carbons (Fsp3) is 0.294. The molecular formula is C17H17F3N6OS2. The van der Waals surface area contributed by atoms with E-state index in [1.165, 1.54) is 11.8 Å². The van der Waals surface area contributed by atoms with Crippen LogP contribution in [0.3, 0.4) is 0 Å². The van der Waals surface area contributed by atoms with Crippen molar-refractivity contribution in [3.63, 3.8) is 0 Å². The van der Waals surface area contributed by atoms with Crippen molar-refractivity contribution in [3.05, 3.63) is 41.3 Å². The number of rotatable bonds is 5. The van der Waals surface area contributed by atoms with E-state index in [2.05, 4.69) is 15.3 Å². The predicted octanol–water partition coefficient (Wildman–Crippen LogP) is 2.73. The molecule has 5 N–H and O–H groups in total. The lowest BCUT2D eigenvalue weighted by atomic mass is 9.89. The summed E-state index contributed by atoms with van der Waals surface area (Å²) in [5.74, 6) is -0.732. The maximum Gasteiger partial charge on any atom is 0.400 e. The number of anilines is 1. The number of nitrogens with one attached hydrogen (secondary N) is 1. The van der Waals surface area contributed by atoms with Crippen molar-refractivity contribution in [2.24, 2.45) is 11.1 Å². The molecular weight excluding hydrogens is 425 g/mol. The highest BCUT2D eigenvalue weighted by Gasteiger charge is 2.47. The summed E-state index contributed by atoms with van der Waals surface area (Å²) < 4.78 is 39.6. The maximum atomic E-state index is 13.2. The molecule has 0 saturated heterocycles. The normalized spacial score (nSPS) is 19.0. The third-order valence-electron chi connectivity index (χ3n) is 3.91. The van der Waals surface area contributed by atoms with Crippen LogP contribution in [0.2, 0.25) is 0 Å². The first-order valence-electron chi connectivity index (χ1n) is 8.00. The molecule has 12 heteroatoms. The van der Waals surface area contributed by atoms with Gasteiger partial charge in [-0.25, -0.2) is 9.97 Å². The number of halogens is 3. The Labute approximate surface area is 173 Å². The monoisotopic (exact) mass is 442 g/mol. The molecule has 7 nitrogen and oxygen atoms in total. The van der Waals surface area contributed by atoms with Gasteiger partial charge in [-0.3, -0.25) is 4.79 Å². The number of carbonyl (C=O) groups is 1. The van der Waals surface area contributed by atoms with Crippen LogP contribution in [-0.2, 0) is 4.79 Å². The van der Waals surface area contributed by atoms with Crippen molar-refractivity contribution in [1.29, 1.82) is 5.26 Å². The lowest BCUT2D eigenvalue weighted by molar-refractivity contribution is -0.183. The standard InChI is InChI=1S/C17H17F3N6OS2/c1-16(17(18,19)20)5-3-10(22)11(4-6-16)24-12(27)8-29-14-9(7-21)13(28-2)25-15(23)26-14/h3-6H,8,22H2,1-2H3,(H,24,27)(H2,23,25,26). The van der Waals surface area contributed by atoms with Gasteiger partial charge in [-0.1, -0.05) is 23.9 Å². The van der Waals surface area contributed by atoms with Crippen LogP contribution < -0.4 is 16.8 Å². The zero-order valence-corrected chi connectivity index (χ0v) is 17.0. The van der Waals surface area contributed by atoms with Crippen LogP contribution in [0.4, 0.5) is 19.1 Å². The minimum atomic E-state index is -4.51. The van der Waals surface area contributed by atoms with Crippen LogP contribution in [0.1, 0.15) is 12.5 Å². The largest absolute Gasteiger partial charge is 0.400 e. The van der Waals surface area contributed by atoms with Gasteiger partial charge in [0.05, 0.1) is 22.6 Å². The van der Waals surface area contributed by atoms with Crippen LogP contribution >= 0.6 is 23.5 Å². The fourth-order valence-corrected chi connectivity index (χ4v) is 3.55. The molecule has 29 heavy (non-hydrogen) atoms. The topological polar surface area (TPSA) is 131 Å². The summed E-state index contributed by atoms with van der Waals surface area (Å²) in [7, 11) is 0. The number of alkyl halides is 3. The van der Waals surface area contributed by atoms with Gasteiger partial charge in [0.15, 0.2) is 0 Å². The first kappa shape index (κ1) is 22.6. The molecule has 1 unspecified atom stereocenters. The van der Waals surface area contributed by atoms with Crippen LogP contribution in [0, 0.1) is 16.7 Å². The number of hydrogen-bond acceptors (Lipinski definition) is 8. The first-order valence-corrected chi connectivity index (χ1v) is 10.2. The Morgan fingerprint density at radius 1 is 1.28 bits per heavy atom. The van der Waals surface area contributed by atoms with Gasteiger partial charge >= 0.3 is 6.18 Å². The Morgan fingerprint density at radius 3 is 2.48 bits per heavy atom. The predicted molar refractivity (Wildman–Crippen MR) is 105 cm³/mol. The summed E-state index contributed by atoms with van der Waals surface area (Å²) >= 11 is 2.17. The van der Waals surface area contributed by atoms with E-state index in [4.69, 9.17) is 11.5 Å². The second-order valence-corrected chi connectivity index (χ2v) is 7.80. The van der Waals surface area contributed by atoms with E-state index in [1.54, 1.807) is 6.26 Å². The van der Waals surface area contributed by atoms with Crippen molar-refractivity contribution in [1.82, 2.24) is 15.3 Å². The summed E-state index contributed by atoms with van der Waals surface area (Å²) in [5.41, 5.74) is 9.42. The van der Waals surface area contributed by atoms with E-state index >= 15 is 0 Å². The molecule has 0 spiro atoms. The number of amides is 1. The van der Waals surface area contributed by atoms with Crippen molar-refractivity contribution >= 4 is 35.4 Å². The molecule has 1 heterocycles. The molecule has 0 saturated carbocycles. The van der Waals surface area contributed by atoms with Gasteiger partial charge in [0.1, 0.15) is 21.7 Å². The molecule has 1 amide bonds. The lowest BCUT2D eigenvalue weighted by Crippen LogP contribution is -2.31. The van der Waals surface area contributed by atoms with E-state index in [0.717, 1.165) is 43.0 Å². The molecule has 1 atom stereocenters. The molecule has 0 fully saturated rings. The molecule has 2 rings (SSSR count). The Morgan fingerprint density at radius 2 is 1.90 bits per heavy atom. The van der Waals surface area contributed by atoms with E-state index in [-0.39, 0.29) is 33.7 Å². The van der Waals surface area contributed by atoms with Crippen LogP contribution in [0.5, 0.6) is 0 Å². The zero-order chi connectivity index (χ0) is 21.8. The Balaban J connectivity index is 2.13. The lowest BCUT2D eigenvalue weighted by Gasteiger charge is -2.24. The van der Waals surface area contributed by atoms with Gasteiger partial charge in [-0.15, -0.1) is 11.8 Å². The molecule has 0 aromatic carbocycles. The van der Waals surface area contributed by atoms with Gasteiger partial charge in [-0.05, 0) is 25.3 Å². The third-order valence-corrected chi connectivity index (χ3v) is 5.56. The molecule has 1 aromatic rings. The van der Waals surface area contributed by atoms with Gasteiger partial charge in [0.2, 0.25) is 11.9 Å². The molecule has 1 aromatic heterocycles. The second kappa shape index (κ2) is 8.79. The minimum absolute atomic E-state index is 0.0127. The van der Waals surface area contributed by atoms with Gasteiger partial charge in [0.25, 0.3) is 0 Å². The number of nitrogen functional groups attached to an aromatic ring is 1. The smallest absolute Gasteiger partial charge is 0.397 e. The molecule has 1 aliphatic carbocycles. The molecule has 0 bridgehead atoms. The van der Waals surface area contributed by atoms with Crippen molar-refractivity contribution < 1.29 is 18.0 Å². The number of allylic oxidation sites excluding steroid dienone is 4. The number of thioether (sulfide) groups is 2. The SMILES string of the molecule is CSc1nc(N)nc(SCC(=O)NC2=C(N)C=CC(C)(C(F)(F)F)C=C2)c1C#N. The van der Waals surface area contributed by atoms with E-state index < -0.39 is 17.5 Å². The van der Waals surface area contributed by atoms with Crippen molar-refractivity contribution in [3.8, 4) is 6.07 Å². The molecule has 0 radical (unpaired) electrons. The number of hydrogen-bond donors (Lipinski definition) is 3. The Bertz CT molecular complexity index is 952. The van der Waals surface area contributed by atoms with E-state index in [1.807, 2.05) is 6.07 Å². The summed E-state index contributed by atoms with van der Waals surface area (Å²) in [6.07, 6.45) is 1.31. The maximum absolute atomic E-state index is 13.2. The fourth-order valence-electron chi connectivity index (χ4n) is 2.17. The highest BCUT2D eigenvalue weighted by molar-refractivity contribution is 8.00. The Hall–Kier alpha value is -2.65. The summed E-state index contributed by atoms with van der Waals surface area (Å²) in [6.45, 7) is 1.00. The minimum Gasteiger partial charge on any atom is -0.397 e. The number of nitrogens with two attached hydrogens (primary N) is 2. The zero-order valence-electron chi connectivity index (χ0n) is 15.4. The van der Waals surface area contributed by atoms with Gasteiger partial charge in [0, 0.05) is 0 Å². The van der Waals surface area contributed by atoms with Gasteiger partial charge in [-0.2, -0.15) is 18.4 Å².